The van der Waals surface area contributed by atoms with Gasteiger partial charge in [-0.2, -0.15) is 0 Å². The van der Waals surface area contributed by atoms with Gasteiger partial charge in [0.2, 0.25) is 0 Å². The van der Waals surface area contributed by atoms with E-state index < -0.39 is 0 Å². The zero-order valence-electron chi connectivity index (χ0n) is 10.3. The Morgan fingerprint density at radius 1 is 1.29 bits per heavy atom. The van der Waals surface area contributed by atoms with Gasteiger partial charge < -0.3 is 9.88 Å². The Hall–Kier alpha value is -1.68. The minimum absolute atomic E-state index is 0.283. The maximum Gasteiger partial charge on any atom is 0.110 e. The fourth-order valence-corrected chi connectivity index (χ4v) is 1.98. The van der Waals surface area contributed by atoms with Gasteiger partial charge in [0.15, 0.2) is 0 Å². The predicted molar refractivity (Wildman–Crippen MR) is 67.6 cm³/mol. The van der Waals surface area contributed by atoms with E-state index in [2.05, 4.69) is 26.8 Å². The predicted octanol–water partition coefficient (Wildman–Crippen LogP) is 1.80. The second-order valence-corrected chi connectivity index (χ2v) is 3.96. The summed E-state index contributed by atoms with van der Waals surface area (Å²) in [5.41, 5.74) is 1.24. The molecule has 0 aliphatic heterocycles. The summed E-state index contributed by atoms with van der Waals surface area (Å²) in [5.74, 6) is 1.11. The standard InChI is InChI=1S/C13H18N4/c1-3-17-9-8-16-13(17)10-12(14-2)11-4-6-15-7-5-11/h4-9,12,14H,3,10H2,1-2H3. The van der Waals surface area contributed by atoms with E-state index in [1.165, 1.54) is 5.56 Å². The number of nitrogens with zero attached hydrogens (tertiary/aromatic N) is 3. The second kappa shape index (κ2) is 5.59. The molecule has 1 N–H and O–H groups in total. The van der Waals surface area contributed by atoms with Gasteiger partial charge >= 0.3 is 0 Å². The molecule has 90 valence electrons. The SMILES string of the molecule is CCn1ccnc1CC(NC)c1ccncc1. The first-order valence-corrected chi connectivity index (χ1v) is 5.92. The van der Waals surface area contributed by atoms with E-state index in [9.17, 15) is 0 Å². The summed E-state index contributed by atoms with van der Waals surface area (Å²) in [7, 11) is 1.98. The number of hydrogen-bond donors (Lipinski definition) is 1. The van der Waals surface area contributed by atoms with E-state index in [1.807, 2.05) is 44.0 Å². The topological polar surface area (TPSA) is 42.7 Å². The molecular weight excluding hydrogens is 212 g/mol. The molecule has 17 heavy (non-hydrogen) atoms. The Morgan fingerprint density at radius 2 is 2.06 bits per heavy atom. The van der Waals surface area contributed by atoms with Gasteiger partial charge in [-0.05, 0) is 31.7 Å². The van der Waals surface area contributed by atoms with E-state index in [-0.39, 0.29) is 6.04 Å². The molecule has 0 aromatic carbocycles. The number of aromatic nitrogens is 3. The van der Waals surface area contributed by atoms with Crippen molar-refractivity contribution in [2.24, 2.45) is 0 Å². The first-order chi connectivity index (χ1) is 8.35. The Morgan fingerprint density at radius 3 is 2.71 bits per heavy atom. The van der Waals surface area contributed by atoms with Crippen molar-refractivity contribution < 1.29 is 0 Å². The minimum atomic E-state index is 0.283. The third-order valence-corrected chi connectivity index (χ3v) is 2.99. The molecule has 2 rings (SSSR count). The van der Waals surface area contributed by atoms with Crippen molar-refractivity contribution >= 4 is 0 Å². The van der Waals surface area contributed by atoms with Gasteiger partial charge in [0.1, 0.15) is 5.82 Å². The van der Waals surface area contributed by atoms with Crippen molar-refractivity contribution in [1.29, 1.82) is 0 Å². The number of imidazole rings is 1. The van der Waals surface area contributed by atoms with Gasteiger partial charge in [0, 0.05) is 43.8 Å². The zero-order chi connectivity index (χ0) is 12.1. The summed E-state index contributed by atoms with van der Waals surface area (Å²) in [6, 6.07) is 4.37. The van der Waals surface area contributed by atoms with E-state index >= 15 is 0 Å². The highest BCUT2D eigenvalue weighted by Crippen LogP contribution is 2.16. The van der Waals surface area contributed by atoms with Crippen LogP contribution in [-0.4, -0.2) is 21.6 Å². The molecule has 4 nitrogen and oxygen atoms in total. The van der Waals surface area contributed by atoms with Crippen LogP contribution in [0.3, 0.4) is 0 Å². The summed E-state index contributed by atoms with van der Waals surface area (Å²) >= 11 is 0. The van der Waals surface area contributed by atoms with Crippen molar-refractivity contribution in [2.75, 3.05) is 7.05 Å². The van der Waals surface area contributed by atoms with Crippen molar-refractivity contribution in [2.45, 2.75) is 25.9 Å². The van der Waals surface area contributed by atoms with Crippen LogP contribution in [0.25, 0.3) is 0 Å². The third-order valence-electron chi connectivity index (χ3n) is 2.99. The van der Waals surface area contributed by atoms with E-state index in [0.29, 0.717) is 0 Å². The normalized spacial score (nSPS) is 12.6. The lowest BCUT2D eigenvalue weighted by atomic mass is 10.1. The molecule has 2 aromatic rings. The molecule has 0 amide bonds. The fraction of sp³-hybridized carbons (Fsp3) is 0.385. The lowest BCUT2D eigenvalue weighted by molar-refractivity contribution is 0.552. The molecule has 0 aliphatic carbocycles. The Bertz CT molecular complexity index is 449. The number of likely N-dealkylation sites (N-methyl/N-ethyl adjacent to an activating group) is 1. The molecule has 0 saturated heterocycles. The highest BCUT2D eigenvalue weighted by atomic mass is 15.1. The van der Waals surface area contributed by atoms with Crippen molar-refractivity contribution in [3.05, 3.63) is 48.3 Å². The molecule has 4 heteroatoms. The molecule has 0 radical (unpaired) electrons. The fourth-order valence-electron chi connectivity index (χ4n) is 1.98. The molecule has 0 saturated carbocycles. The lowest BCUT2D eigenvalue weighted by Gasteiger charge is -2.16. The Kier molecular flexibility index (Phi) is 3.88. The van der Waals surface area contributed by atoms with Gasteiger partial charge in [-0.1, -0.05) is 0 Å². The zero-order valence-corrected chi connectivity index (χ0v) is 10.3. The molecule has 0 spiro atoms. The highest BCUT2D eigenvalue weighted by molar-refractivity contribution is 5.16. The van der Waals surface area contributed by atoms with E-state index in [4.69, 9.17) is 0 Å². The molecular formula is C13H18N4. The van der Waals surface area contributed by atoms with Crippen LogP contribution in [0.15, 0.2) is 36.9 Å². The molecule has 0 aliphatic rings. The first kappa shape index (κ1) is 11.8. The van der Waals surface area contributed by atoms with Crippen LogP contribution in [0.5, 0.6) is 0 Å². The molecule has 2 aromatic heterocycles. The van der Waals surface area contributed by atoms with Crippen LogP contribution in [0.1, 0.15) is 24.4 Å². The first-order valence-electron chi connectivity index (χ1n) is 5.92. The summed E-state index contributed by atoms with van der Waals surface area (Å²) in [6.45, 7) is 3.09. The Balaban J connectivity index is 2.16. The van der Waals surface area contributed by atoms with Gasteiger partial charge in [0.05, 0.1) is 0 Å². The quantitative estimate of drug-likeness (QED) is 0.851. The average Bonchev–Trinajstić information content (AvgIpc) is 2.84. The number of pyridine rings is 1. The Labute approximate surface area is 102 Å². The molecule has 0 fully saturated rings. The number of nitrogens with one attached hydrogen (secondary N) is 1. The van der Waals surface area contributed by atoms with E-state index in [1.54, 1.807) is 0 Å². The summed E-state index contributed by atoms with van der Waals surface area (Å²) in [6.07, 6.45) is 8.42. The van der Waals surface area contributed by atoms with Crippen molar-refractivity contribution in [3.63, 3.8) is 0 Å². The summed E-state index contributed by atoms with van der Waals surface area (Å²) in [5, 5.41) is 3.33. The van der Waals surface area contributed by atoms with Crippen LogP contribution in [0.4, 0.5) is 0 Å². The largest absolute Gasteiger partial charge is 0.335 e. The summed E-state index contributed by atoms with van der Waals surface area (Å²) < 4.78 is 2.17. The van der Waals surface area contributed by atoms with Crippen LogP contribution in [-0.2, 0) is 13.0 Å². The molecule has 1 atom stereocenters. The highest BCUT2D eigenvalue weighted by Gasteiger charge is 2.12. The van der Waals surface area contributed by atoms with Crippen molar-refractivity contribution in [3.8, 4) is 0 Å². The second-order valence-electron chi connectivity index (χ2n) is 3.96. The molecule has 2 heterocycles. The third kappa shape index (κ3) is 2.71. The molecule has 0 bridgehead atoms. The van der Waals surface area contributed by atoms with Gasteiger partial charge in [-0.25, -0.2) is 4.98 Å². The number of aryl methyl sites for hydroxylation is 1. The van der Waals surface area contributed by atoms with Gasteiger partial charge in [0.25, 0.3) is 0 Å². The van der Waals surface area contributed by atoms with Crippen LogP contribution < -0.4 is 5.32 Å². The van der Waals surface area contributed by atoms with Crippen LogP contribution in [0, 0.1) is 0 Å². The maximum absolute atomic E-state index is 4.41. The number of rotatable bonds is 5. The maximum atomic E-state index is 4.41. The average molecular weight is 230 g/mol. The van der Waals surface area contributed by atoms with E-state index in [0.717, 1.165) is 18.8 Å². The van der Waals surface area contributed by atoms with Crippen LogP contribution >= 0.6 is 0 Å². The number of hydrogen-bond acceptors (Lipinski definition) is 3. The molecule has 1 unspecified atom stereocenters. The lowest BCUT2D eigenvalue weighted by Crippen LogP contribution is -2.20. The van der Waals surface area contributed by atoms with Crippen LogP contribution in [0.2, 0.25) is 0 Å². The van der Waals surface area contributed by atoms with Gasteiger partial charge in [-0.3, -0.25) is 4.98 Å². The monoisotopic (exact) mass is 230 g/mol. The smallest absolute Gasteiger partial charge is 0.110 e. The summed E-state index contributed by atoms with van der Waals surface area (Å²) in [4.78, 5) is 8.45. The van der Waals surface area contributed by atoms with Crippen molar-refractivity contribution in [1.82, 2.24) is 19.9 Å². The minimum Gasteiger partial charge on any atom is -0.335 e. The van der Waals surface area contributed by atoms with Gasteiger partial charge in [-0.15, -0.1) is 0 Å².